The highest BCUT2D eigenvalue weighted by Gasteiger charge is 2.29. The lowest BCUT2D eigenvalue weighted by Crippen LogP contribution is -2.23. The molecule has 1 fully saturated rings. The molecule has 7 nitrogen and oxygen atoms in total. The third-order valence-electron chi connectivity index (χ3n) is 4.77. The molecule has 1 aromatic heterocycles. The van der Waals surface area contributed by atoms with Crippen LogP contribution in [0.2, 0.25) is 0 Å². The summed E-state index contributed by atoms with van der Waals surface area (Å²) in [6.07, 6.45) is 1.73. The molecule has 0 spiro atoms. The summed E-state index contributed by atoms with van der Waals surface area (Å²) in [6.45, 7) is 2.89. The maximum absolute atomic E-state index is 8.90. The van der Waals surface area contributed by atoms with Crippen LogP contribution in [0.15, 0.2) is 54.7 Å². The molecular formula is C21H21N5O2. The van der Waals surface area contributed by atoms with Crippen molar-refractivity contribution in [1.29, 1.82) is 5.26 Å². The molecule has 3 aromatic rings. The van der Waals surface area contributed by atoms with Gasteiger partial charge in [0.1, 0.15) is 11.4 Å². The third-order valence-corrected chi connectivity index (χ3v) is 4.77. The molecule has 0 saturated carbocycles. The summed E-state index contributed by atoms with van der Waals surface area (Å²) in [7, 11) is 1.67. The van der Waals surface area contributed by atoms with E-state index >= 15 is 0 Å². The van der Waals surface area contributed by atoms with E-state index in [1.165, 1.54) is 5.56 Å². The zero-order valence-corrected chi connectivity index (χ0v) is 15.7. The quantitative estimate of drug-likeness (QED) is 0.659. The minimum Gasteiger partial charge on any atom is -0.497 e. The Bertz CT molecular complexity index is 960. The zero-order chi connectivity index (χ0) is 19.3. The first-order valence-electron chi connectivity index (χ1n) is 9.13. The smallest absolute Gasteiger partial charge is 0.157 e. The fourth-order valence-corrected chi connectivity index (χ4v) is 3.28. The summed E-state index contributed by atoms with van der Waals surface area (Å²) in [5.41, 5.74) is 3.72. The van der Waals surface area contributed by atoms with Gasteiger partial charge in [-0.25, -0.2) is 4.68 Å². The minimum absolute atomic E-state index is 0.197. The maximum Gasteiger partial charge on any atom is 0.157 e. The molecule has 0 radical (unpaired) electrons. The van der Waals surface area contributed by atoms with Crippen molar-refractivity contribution in [2.75, 3.05) is 20.3 Å². The van der Waals surface area contributed by atoms with Crippen LogP contribution < -0.4 is 4.74 Å². The normalized spacial score (nSPS) is 16.8. The average Bonchev–Trinajstić information content (AvgIpc) is 3.38. The van der Waals surface area contributed by atoms with Gasteiger partial charge in [-0.15, -0.1) is 5.10 Å². The monoisotopic (exact) mass is 375 g/mol. The standard InChI is InChI=1S/C21H21N5O2/c1-27-19-8-6-17(7-9-19)13-25-10-11-28-21(25)20-15-26(24-23-20)14-18-4-2-16(12-22)3-5-18/h2-9,15,21H,10-11,13-14H2,1H3/t21-/m1/s1. The van der Waals surface area contributed by atoms with Gasteiger partial charge in [-0.1, -0.05) is 29.5 Å². The second-order valence-electron chi connectivity index (χ2n) is 6.69. The second-order valence-corrected chi connectivity index (χ2v) is 6.69. The number of nitrogens with zero attached hydrogens (tertiary/aromatic N) is 5. The summed E-state index contributed by atoms with van der Waals surface area (Å²) in [6, 6.07) is 17.7. The zero-order valence-electron chi connectivity index (χ0n) is 15.7. The highest BCUT2D eigenvalue weighted by atomic mass is 16.5. The molecule has 0 aliphatic carbocycles. The molecule has 28 heavy (non-hydrogen) atoms. The van der Waals surface area contributed by atoms with Gasteiger partial charge in [0.15, 0.2) is 6.23 Å². The van der Waals surface area contributed by atoms with E-state index < -0.39 is 0 Å². The second kappa shape index (κ2) is 8.21. The van der Waals surface area contributed by atoms with Gasteiger partial charge >= 0.3 is 0 Å². The van der Waals surface area contributed by atoms with E-state index in [2.05, 4.69) is 33.4 Å². The topological polar surface area (TPSA) is 76.2 Å². The van der Waals surface area contributed by atoms with Crippen LogP contribution in [0.5, 0.6) is 5.75 Å². The summed E-state index contributed by atoms with van der Waals surface area (Å²) in [5.74, 6) is 0.851. The molecule has 0 bridgehead atoms. The number of nitriles is 1. The molecule has 2 aromatic carbocycles. The van der Waals surface area contributed by atoms with Gasteiger partial charge < -0.3 is 9.47 Å². The summed E-state index contributed by atoms with van der Waals surface area (Å²) >= 11 is 0. The summed E-state index contributed by atoms with van der Waals surface area (Å²) < 4.78 is 12.9. The molecule has 0 amide bonds. The lowest BCUT2D eigenvalue weighted by atomic mass is 10.1. The number of hydrogen-bond donors (Lipinski definition) is 0. The van der Waals surface area contributed by atoms with Crippen LogP contribution in [0.1, 0.15) is 28.6 Å². The lowest BCUT2D eigenvalue weighted by Gasteiger charge is -2.21. The number of rotatable bonds is 6. The molecule has 1 saturated heterocycles. The van der Waals surface area contributed by atoms with E-state index in [4.69, 9.17) is 14.7 Å². The Morgan fingerprint density at radius 1 is 1.11 bits per heavy atom. The fraction of sp³-hybridized carbons (Fsp3) is 0.286. The van der Waals surface area contributed by atoms with Gasteiger partial charge in [-0.3, -0.25) is 4.90 Å². The van der Waals surface area contributed by atoms with Gasteiger partial charge in [0.25, 0.3) is 0 Å². The van der Waals surface area contributed by atoms with Crippen LogP contribution in [-0.2, 0) is 17.8 Å². The lowest BCUT2D eigenvalue weighted by molar-refractivity contribution is 0.0252. The van der Waals surface area contributed by atoms with Crippen molar-refractivity contribution in [2.45, 2.75) is 19.3 Å². The molecule has 1 atom stereocenters. The van der Waals surface area contributed by atoms with Gasteiger partial charge in [0.2, 0.25) is 0 Å². The number of hydrogen-bond acceptors (Lipinski definition) is 6. The molecule has 1 aliphatic rings. The SMILES string of the molecule is COc1ccc(CN2CCO[C@@H]2c2cn(Cc3ccc(C#N)cc3)nn2)cc1. The maximum atomic E-state index is 8.90. The first-order valence-corrected chi connectivity index (χ1v) is 9.13. The number of benzene rings is 2. The predicted octanol–water partition coefficient (Wildman–Crippen LogP) is 2.74. The Labute approximate surface area is 163 Å². The van der Waals surface area contributed by atoms with E-state index in [-0.39, 0.29) is 6.23 Å². The van der Waals surface area contributed by atoms with Crippen LogP contribution >= 0.6 is 0 Å². The Kier molecular flexibility index (Phi) is 5.33. The van der Waals surface area contributed by atoms with E-state index in [1.54, 1.807) is 11.8 Å². The van der Waals surface area contributed by atoms with Crippen molar-refractivity contribution < 1.29 is 9.47 Å². The molecular weight excluding hydrogens is 354 g/mol. The van der Waals surface area contributed by atoms with Gasteiger partial charge in [-0.2, -0.15) is 5.26 Å². The Morgan fingerprint density at radius 2 is 1.82 bits per heavy atom. The fourth-order valence-electron chi connectivity index (χ4n) is 3.28. The van der Waals surface area contributed by atoms with Crippen LogP contribution in [0, 0.1) is 11.3 Å². The van der Waals surface area contributed by atoms with Crippen molar-refractivity contribution in [3.8, 4) is 11.8 Å². The first-order chi connectivity index (χ1) is 13.7. The Balaban J connectivity index is 1.43. The molecule has 0 N–H and O–H groups in total. The van der Waals surface area contributed by atoms with Crippen molar-refractivity contribution in [3.05, 3.63) is 77.1 Å². The van der Waals surface area contributed by atoms with Crippen molar-refractivity contribution in [2.24, 2.45) is 0 Å². The molecule has 0 unspecified atom stereocenters. The molecule has 142 valence electrons. The van der Waals surface area contributed by atoms with Crippen LogP contribution in [0.25, 0.3) is 0 Å². The minimum atomic E-state index is -0.197. The van der Waals surface area contributed by atoms with E-state index in [0.717, 1.165) is 30.1 Å². The van der Waals surface area contributed by atoms with Crippen LogP contribution in [0.3, 0.4) is 0 Å². The van der Waals surface area contributed by atoms with Crippen molar-refractivity contribution in [3.63, 3.8) is 0 Å². The van der Waals surface area contributed by atoms with Gasteiger partial charge in [-0.05, 0) is 35.4 Å². The van der Waals surface area contributed by atoms with Gasteiger partial charge in [0.05, 0.1) is 38.1 Å². The Hall–Kier alpha value is -3.21. The highest BCUT2D eigenvalue weighted by molar-refractivity contribution is 5.31. The molecule has 7 heteroatoms. The molecule has 2 heterocycles. The summed E-state index contributed by atoms with van der Waals surface area (Å²) in [4.78, 5) is 2.25. The van der Waals surface area contributed by atoms with Crippen LogP contribution in [0.4, 0.5) is 0 Å². The van der Waals surface area contributed by atoms with E-state index in [9.17, 15) is 0 Å². The number of aromatic nitrogens is 3. The predicted molar refractivity (Wildman–Crippen MR) is 102 cm³/mol. The van der Waals surface area contributed by atoms with Crippen molar-refractivity contribution >= 4 is 0 Å². The highest BCUT2D eigenvalue weighted by Crippen LogP contribution is 2.27. The van der Waals surface area contributed by atoms with E-state index in [1.807, 2.05) is 42.6 Å². The third kappa shape index (κ3) is 4.03. The number of methoxy groups -OCH3 is 1. The van der Waals surface area contributed by atoms with Crippen molar-refractivity contribution in [1.82, 2.24) is 19.9 Å². The van der Waals surface area contributed by atoms with Crippen LogP contribution in [-0.4, -0.2) is 40.2 Å². The first kappa shape index (κ1) is 18.2. The Morgan fingerprint density at radius 3 is 2.54 bits per heavy atom. The largest absolute Gasteiger partial charge is 0.497 e. The van der Waals surface area contributed by atoms with E-state index in [0.29, 0.717) is 18.7 Å². The molecule has 4 rings (SSSR count). The van der Waals surface area contributed by atoms with Gasteiger partial charge in [0, 0.05) is 13.1 Å². The number of ether oxygens (including phenoxy) is 2. The average molecular weight is 375 g/mol. The summed E-state index contributed by atoms with van der Waals surface area (Å²) in [5, 5.41) is 17.5. The molecule has 1 aliphatic heterocycles.